The lowest BCUT2D eigenvalue weighted by Crippen LogP contribution is -2.53. The Hall–Kier alpha value is -1.78. The van der Waals surface area contributed by atoms with E-state index in [-0.39, 0.29) is 5.82 Å². The van der Waals surface area contributed by atoms with E-state index in [0.717, 1.165) is 50.3 Å². The van der Waals surface area contributed by atoms with Crippen molar-refractivity contribution in [2.75, 3.05) is 37.6 Å². The first-order valence-corrected chi connectivity index (χ1v) is 8.24. The van der Waals surface area contributed by atoms with Crippen LogP contribution in [0, 0.1) is 11.7 Å². The van der Waals surface area contributed by atoms with E-state index < -0.39 is 0 Å². The van der Waals surface area contributed by atoms with Gasteiger partial charge in [0.05, 0.1) is 0 Å². The summed E-state index contributed by atoms with van der Waals surface area (Å²) in [6.07, 6.45) is 1.25. The number of halogens is 1. The van der Waals surface area contributed by atoms with Crippen LogP contribution in [0.3, 0.4) is 0 Å². The normalized spacial score (nSPS) is 25.3. The molecule has 1 aliphatic heterocycles. The molecule has 0 amide bonds. The second kappa shape index (κ2) is 6.55. The second-order valence-electron chi connectivity index (χ2n) is 6.21. The van der Waals surface area contributed by atoms with E-state index >= 15 is 0 Å². The number of rotatable bonds is 3. The number of benzene rings is 1. The Kier molecular flexibility index (Phi) is 4.50. The number of anilines is 1. The van der Waals surface area contributed by atoms with E-state index in [0.29, 0.717) is 6.04 Å². The molecule has 4 nitrogen and oxygen atoms in total. The summed E-state index contributed by atoms with van der Waals surface area (Å²) in [6, 6.07) is 7.37. The number of nitrogens with one attached hydrogen (secondary N) is 1. The van der Waals surface area contributed by atoms with Gasteiger partial charge in [-0.1, -0.05) is 6.92 Å². The average Bonchev–Trinajstić information content (AvgIpc) is 3.23. The Morgan fingerprint density at radius 1 is 1.23 bits per heavy atom. The smallest absolute Gasteiger partial charge is 0.194 e. The van der Waals surface area contributed by atoms with Crippen molar-refractivity contribution in [2.24, 2.45) is 10.9 Å². The SMILES string of the molecule is CCN=C(NC1CC1C)N1CCN(c2ccc(F)cc2)CC1. The molecule has 5 heteroatoms. The van der Waals surface area contributed by atoms with Gasteiger partial charge in [0, 0.05) is 44.5 Å². The predicted octanol–water partition coefficient (Wildman–Crippen LogP) is 2.32. The van der Waals surface area contributed by atoms with E-state index in [1.54, 1.807) is 0 Å². The fourth-order valence-electron chi connectivity index (χ4n) is 2.90. The first kappa shape index (κ1) is 15.1. The quantitative estimate of drug-likeness (QED) is 0.687. The first-order valence-electron chi connectivity index (χ1n) is 8.24. The third-order valence-corrected chi connectivity index (χ3v) is 4.50. The zero-order chi connectivity index (χ0) is 15.5. The Morgan fingerprint density at radius 3 is 2.41 bits per heavy atom. The van der Waals surface area contributed by atoms with Gasteiger partial charge in [-0.2, -0.15) is 0 Å². The van der Waals surface area contributed by atoms with Crippen LogP contribution in [0.4, 0.5) is 10.1 Å². The zero-order valence-corrected chi connectivity index (χ0v) is 13.4. The van der Waals surface area contributed by atoms with Crippen LogP contribution in [0.25, 0.3) is 0 Å². The van der Waals surface area contributed by atoms with Crippen LogP contribution in [-0.4, -0.2) is 49.6 Å². The van der Waals surface area contributed by atoms with Gasteiger partial charge in [0.2, 0.25) is 0 Å². The molecule has 0 radical (unpaired) electrons. The fraction of sp³-hybridized carbons (Fsp3) is 0.588. The Bertz CT molecular complexity index is 520. The molecule has 22 heavy (non-hydrogen) atoms. The summed E-state index contributed by atoms with van der Waals surface area (Å²) < 4.78 is 13.0. The highest BCUT2D eigenvalue weighted by Gasteiger charge is 2.34. The number of hydrogen-bond acceptors (Lipinski definition) is 2. The van der Waals surface area contributed by atoms with Crippen LogP contribution < -0.4 is 10.2 Å². The molecular weight excluding hydrogens is 279 g/mol. The van der Waals surface area contributed by atoms with Crippen molar-refractivity contribution in [3.05, 3.63) is 30.1 Å². The summed E-state index contributed by atoms with van der Waals surface area (Å²) in [6.45, 7) is 8.93. The van der Waals surface area contributed by atoms with E-state index in [1.165, 1.54) is 18.6 Å². The monoisotopic (exact) mass is 304 g/mol. The molecule has 2 atom stereocenters. The van der Waals surface area contributed by atoms with Crippen LogP contribution in [0.2, 0.25) is 0 Å². The number of guanidine groups is 1. The maximum absolute atomic E-state index is 13.0. The molecule has 0 bridgehead atoms. The Balaban J connectivity index is 1.57. The molecule has 1 heterocycles. The number of nitrogens with zero attached hydrogens (tertiary/aromatic N) is 3. The summed E-state index contributed by atoms with van der Waals surface area (Å²) in [4.78, 5) is 9.28. The van der Waals surface area contributed by atoms with E-state index in [2.05, 4.69) is 34.0 Å². The van der Waals surface area contributed by atoms with Crippen molar-refractivity contribution in [1.82, 2.24) is 10.2 Å². The topological polar surface area (TPSA) is 30.9 Å². The number of piperazine rings is 1. The van der Waals surface area contributed by atoms with Gasteiger partial charge < -0.3 is 15.1 Å². The van der Waals surface area contributed by atoms with Gasteiger partial charge in [0.25, 0.3) is 0 Å². The Labute approximate surface area is 132 Å². The van der Waals surface area contributed by atoms with Gasteiger partial charge in [-0.25, -0.2) is 4.39 Å². The molecule has 1 aromatic rings. The summed E-state index contributed by atoms with van der Waals surface area (Å²) in [5, 5.41) is 3.58. The fourth-order valence-corrected chi connectivity index (χ4v) is 2.90. The molecule has 2 aliphatic rings. The third-order valence-electron chi connectivity index (χ3n) is 4.50. The summed E-state index contributed by atoms with van der Waals surface area (Å²) in [5.74, 6) is 1.64. The summed E-state index contributed by atoms with van der Waals surface area (Å²) in [5.41, 5.74) is 1.10. The molecule has 2 fully saturated rings. The first-order chi connectivity index (χ1) is 10.7. The highest BCUT2D eigenvalue weighted by molar-refractivity contribution is 5.81. The second-order valence-corrected chi connectivity index (χ2v) is 6.21. The van der Waals surface area contributed by atoms with Gasteiger partial charge in [-0.3, -0.25) is 4.99 Å². The lowest BCUT2D eigenvalue weighted by Gasteiger charge is -2.37. The Morgan fingerprint density at radius 2 is 1.86 bits per heavy atom. The van der Waals surface area contributed by atoms with E-state index in [9.17, 15) is 4.39 Å². The van der Waals surface area contributed by atoms with Gasteiger partial charge >= 0.3 is 0 Å². The van der Waals surface area contributed by atoms with Crippen molar-refractivity contribution in [1.29, 1.82) is 0 Å². The molecule has 1 saturated heterocycles. The minimum atomic E-state index is -0.178. The van der Waals surface area contributed by atoms with Gasteiger partial charge in [0.15, 0.2) is 5.96 Å². The summed E-state index contributed by atoms with van der Waals surface area (Å²) >= 11 is 0. The van der Waals surface area contributed by atoms with Gasteiger partial charge in [-0.15, -0.1) is 0 Å². The number of hydrogen-bond donors (Lipinski definition) is 1. The van der Waals surface area contributed by atoms with Crippen molar-refractivity contribution in [2.45, 2.75) is 26.3 Å². The molecule has 0 aromatic heterocycles. The van der Waals surface area contributed by atoms with Crippen LogP contribution in [0.15, 0.2) is 29.3 Å². The zero-order valence-electron chi connectivity index (χ0n) is 13.4. The maximum atomic E-state index is 13.0. The van der Waals surface area contributed by atoms with Crippen LogP contribution in [0.1, 0.15) is 20.3 Å². The predicted molar refractivity (Wildman–Crippen MR) is 88.9 cm³/mol. The molecule has 120 valence electrons. The van der Waals surface area contributed by atoms with Crippen LogP contribution >= 0.6 is 0 Å². The minimum Gasteiger partial charge on any atom is -0.368 e. The van der Waals surface area contributed by atoms with Crippen LogP contribution in [-0.2, 0) is 0 Å². The average molecular weight is 304 g/mol. The molecular formula is C17H25FN4. The van der Waals surface area contributed by atoms with Gasteiger partial charge in [0.1, 0.15) is 5.82 Å². The van der Waals surface area contributed by atoms with Crippen molar-refractivity contribution < 1.29 is 4.39 Å². The lowest BCUT2D eigenvalue weighted by molar-refractivity contribution is 0.371. The minimum absolute atomic E-state index is 0.178. The third kappa shape index (κ3) is 3.51. The molecule has 1 N–H and O–H groups in total. The van der Waals surface area contributed by atoms with Crippen LogP contribution in [0.5, 0.6) is 0 Å². The molecule has 2 unspecified atom stereocenters. The highest BCUT2D eigenvalue weighted by Crippen LogP contribution is 2.29. The summed E-state index contributed by atoms with van der Waals surface area (Å²) in [7, 11) is 0. The molecule has 0 spiro atoms. The molecule has 1 aliphatic carbocycles. The highest BCUT2D eigenvalue weighted by atomic mass is 19.1. The van der Waals surface area contributed by atoms with Gasteiger partial charge in [-0.05, 0) is 43.5 Å². The molecule has 1 saturated carbocycles. The lowest BCUT2D eigenvalue weighted by atomic mass is 10.2. The van der Waals surface area contributed by atoms with E-state index in [1.807, 2.05) is 12.1 Å². The molecule has 3 rings (SSSR count). The standard InChI is InChI=1S/C17H25FN4/c1-3-19-17(20-16-12-13(16)2)22-10-8-21(9-11-22)15-6-4-14(18)5-7-15/h4-7,13,16H,3,8-12H2,1-2H3,(H,19,20). The maximum Gasteiger partial charge on any atom is 0.194 e. The molecule has 1 aromatic carbocycles. The largest absolute Gasteiger partial charge is 0.368 e. The van der Waals surface area contributed by atoms with Crippen molar-refractivity contribution in [3.8, 4) is 0 Å². The number of aliphatic imine (C=N–C) groups is 1. The van der Waals surface area contributed by atoms with E-state index in [4.69, 9.17) is 0 Å². The van der Waals surface area contributed by atoms with Crippen molar-refractivity contribution in [3.63, 3.8) is 0 Å². The van der Waals surface area contributed by atoms with Crippen molar-refractivity contribution >= 4 is 11.6 Å².